The second kappa shape index (κ2) is 7.86. The molecule has 0 amide bonds. The Hall–Kier alpha value is -0.780. The maximum Gasteiger partial charge on any atom is 0.191 e. The standard InChI is InChI=1S/C17H33N3O2S/c1-4-18-16(19-11-15-6-9-23(21,22)12-15)20-13-17(7-5-8-17)10-14(2)3/h14-15H,4-13H2,1-3H3,(H2,18,19,20)/t15-/m1/s1. The predicted octanol–water partition coefficient (Wildman–Crippen LogP) is 2.19. The molecule has 0 bridgehead atoms. The van der Waals surface area contributed by atoms with Crippen LogP contribution in [0.1, 0.15) is 52.9 Å². The summed E-state index contributed by atoms with van der Waals surface area (Å²) in [5, 5.41) is 6.64. The summed E-state index contributed by atoms with van der Waals surface area (Å²) in [4.78, 5) is 4.80. The molecule has 2 N–H and O–H groups in total. The summed E-state index contributed by atoms with van der Waals surface area (Å²) < 4.78 is 23.1. The second-order valence-corrected chi connectivity index (χ2v) is 10.0. The SMILES string of the molecule is CCNC(=NCC1(CC(C)C)CCC1)NC[C@H]1CCS(=O)(=O)C1. The van der Waals surface area contributed by atoms with Crippen molar-refractivity contribution >= 4 is 15.8 Å². The van der Waals surface area contributed by atoms with Crippen LogP contribution in [0.2, 0.25) is 0 Å². The summed E-state index contributed by atoms with van der Waals surface area (Å²) in [6.45, 7) is 9.03. The largest absolute Gasteiger partial charge is 0.357 e. The first-order valence-electron chi connectivity index (χ1n) is 9.07. The molecule has 0 aromatic carbocycles. The van der Waals surface area contributed by atoms with Crippen molar-refractivity contribution in [3.05, 3.63) is 0 Å². The maximum atomic E-state index is 11.5. The van der Waals surface area contributed by atoms with Crippen molar-refractivity contribution in [1.29, 1.82) is 0 Å². The van der Waals surface area contributed by atoms with E-state index in [1.165, 1.54) is 25.7 Å². The molecule has 0 aromatic heterocycles. The average molecular weight is 344 g/mol. The van der Waals surface area contributed by atoms with Crippen LogP contribution in [0.15, 0.2) is 4.99 Å². The summed E-state index contributed by atoms with van der Waals surface area (Å²) >= 11 is 0. The van der Waals surface area contributed by atoms with Crippen molar-refractivity contribution in [2.24, 2.45) is 22.2 Å². The summed E-state index contributed by atoms with van der Waals surface area (Å²) in [6.07, 6.45) is 5.92. The van der Waals surface area contributed by atoms with E-state index in [-0.39, 0.29) is 5.92 Å². The molecule has 2 aliphatic rings. The first kappa shape index (κ1) is 18.6. The molecule has 0 unspecified atom stereocenters. The summed E-state index contributed by atoms with van der Waals surface area (Å²) in [6, 6.07) is 0. The zero-order valence-electron chi connectivity index (χ0n) is 14.9. The smallest absolute Gasteiger partial charge is 0.191 e. The molecule has 1 saturated heterocycles. The fraction of sp³-hybridized carbons (Fsp3) is 0.941. The molecule has 1 aliphatic heterocycles. The highest BCUT2D eigenvalue weighted by molar-refractivity contribution is 7.91. The van der Waals surface area contributed by atoms with Gasteiger partial charge >= 0.3 is 0 Å². The molecule has 1 saturated carbocycles. The first-order valence-corrected chi connectivity index (χ1v) is 10.9. The van der Waals surface area contributed by atoms with Crippen LogP contribution in [0.5, 0.6) is 0 Å². The highest BCUT2D eigenvalue weighted by atomic mass is 32.2. The predicted molar refractivity (Wildman–Crippen MR) is 96.5 cm³/mol. The van der Waals surface area contributed by atoms with Crippen LogP contribution < -0.4 is 10.6 Å². The van der Waals surface area contributed by atoms with Crippen molar-refractivity contribution in [2.45, 2.75) is 52.9 Å². The number of hydrogen-bond donors (Lipinski definition) is 2. The Labute approximate surface area is 141 Å². The Kier molecular flexibility index (Phi) is 6.34. The van der Waals surface area contributed by atoms with Crippen LogP contribution >= 0.6 is 0 Å². The van der Waals surface area contributed by atoms with E-state index in [0.29, 0.717) is 29.4 Å². The summed E-state index contributed by atoms with van der Waals surface area (Å²) in [5.74, 6) is 2.43. The van der Waals surface area contributed by atoms with Gasteiger partial charge in [0.1, 0.15) is 0 Å². The van der Waals surface area contributed by atoms with E-state index in [2.05, 4.69) is 31.4 Å². The van der Waals surface area contributed by atoms with Gasteiger partial charge in [0, 0.05) is 19.6 Å². The fourth-order valence-electron chi connectivity index (χ4n) is 3.83. The first-order chi connectivity index (χ1) is 10.8. The van der Waals surface area contributed by atoms with Gasteiger partial charge in [-0.05, 0) is 49.9 Å². The van der Waals surface area contributed by atoms with E-state index in [4.69, 9.17) is 4.99 Å². The van der Waals surface area contributed by atoms with Gasteiger partial charge in [-0.2, -0.15) is 0 Å². The normalized spacial score (nSPS) is 26.1. The van der Waals surface area contributed by atoms with E-state index >= 15 is 0 Å². The van der Waals surface area contributed by atoms with Gasteiger partial charge in [-0.3, -0.25) is 4.99 Å². The summed E-state index contributed by atoms with van der Waals surface area (Å²) in [7, 11) is -2.80. The molecule has 134 valence electrons. The third kappa shape index (κ3) is 5.66. The number of aliphatic imine (C=N–C) groups is 1. The fourth-order valence-corrected chi connectivity index (χ4v) is 5.69. The van der Waals surface area contributed by atoms with Crippen LogP contribution in [0.25, 0.3) is 0 Å². The van der Waals surface area contributed by atoms with Crippen LogP contribution in [0, 0.1) is 17.3 Å². The minimum atomic E-state index is -2.80. The van der Waals surface area contributed by atoms with Gasteiger partial charge in [0.05, 0.1) is 11.5 Å². The van der Waals surface area contributed by atoms with E-state index in [9.17, 15) is 8.42 Å². The lowest BCUT2D eigenvalue weighted by Crippen LogP contribution is -2.42. The lowest BCUT2D eigenvalue weighted by molar-refractivity contribution is 0.111. The highest BCUT2D eigenvalue weighted by Crippen LogP contribution is 2.46. The number of nitrogens with one attached hydrogen (secondary N) is 2. The molecular weight excluding hydrogens is 310 g/mol. The third-order valence-electron chi connectivity index (χ3n) is 5.06. The number of sulfone groups is 1. The molecule has 0 aromatic rings. The van der Waals surface area contributed by atoms with Gasteiger partial charge in [-0.15, -0.1) is 0 Å². The van der Waals surface area contributed by atoms with Crippen molar-refractivity contribution in [3.8, 4) is 0 Å². The molecule has 5 nitrogen and oxygen atoms in total. The molecule has 2 rings (SSSR count). The molecule has 6 heteroatoms. The van der Waals surface area contributed by atoms with E-state index < -0.39 is 9.84 Å². The van der Waals surface area contributed by atoms with Gasteiger partial charge in [-0.1, -0.05) is 20.3 Å². The van der Waals surface area contributed by atoms with E-state index in [1.54, 1.807) is 0 Å². The van der Waals surface area contributed by atoms with Crippen LogP contribution in [0.4, 0.5) is 0 Å². The van der Waals surface area contributed by atoms with Gasteiger partial charge in [-0.25, -0.2) is 8.42 Å². The van der Waals surface area contributed by atoms with Gasteiger partial charge in [0.25, 0.3) is 0 Å². The number of rotatable bonds is 7. The minimum absolute atomic E-state index is 0.220. The molecule has 0 radical (unpaired) electrons. The Balaban J connectivity index is 1.87. The zero-order chi connectivity index (χ0) is 16.9. The molecule has 1 heterocycles. The monoisotopic (exact) mass is 343 g/mol. The van der Waals surface area contributed by atoms with E-state index in [0.717, 1.165) is 25.5 Å². The third-order valence-corrected chi connectivity index (χ3v) is 6.89. The second-order valence-electron chi connectivity index (χ2n) is 7.80. The summed E-state index contributed by atoms with van der Waals surface area (Å²) in [5.41, 5.74) is 0.396. The van der Waals surface area contributed by atoms with E-state index in [1.807, 2.05) is 0 Å². The van der Waals surface area contributed by atoms with Crippen molar-refractivity contribution in [1.82, 2.24) is 10.6 Å². The molecule has 2 fully saturated rings. The van der Waals surface area contributed by atoms with Crippen molar-refractivity contribution in [3.63, 3.8) is 0 Å². The molecule has 0 spiro atoms. The molecular formula is C17H33N3O2S. The van der Waals surface area contributed by atoms with Crippen LogP contribution in [-0.2, 0) is 9.84 Å². The quantitative estimate of drug-likeness (QED) is 0.549. The Morgan fingerprint density at radius 2 is 2.04 bits per heavy atom. The van der Waals surface area contributed by atoms with Crippen LogP contribution in [0.3, 0.4) is 0 Å². The lowest BCUT2D eigenvalue weighted by Gasteiger charge is -2.42. The Morgan fingerprint density at radius 3 is 2.52 bits per heavy atom. The molecule has 23 heavy (non-hydrogen) atoms. The van der Waals surface area contributed by atoms with Crippen molar-refractivity contribution < 1.29 is 8.42 Å². The minimum Gasteiger partial charge on any atom is -0.357 e. The Bertz CT molecular complexity index is 510. The van der Waals surface area contributed by atoms with Gasteiger partial charge < -0.3 is 10.6 Å². The highest BCUT2D eigenvalue weighted by Gasteiger charge is 2.37. The number of nitrogens with zero attached hydrogens (tertiary/aromatic N) is 1. The molecule has 1 atom stereocenters. The van der Waals surface area contributed by atoms with Gasteiger partial charge in [0.2, 0.25) is 0 Å². The average Bonchev–Trinajstić information content (AvgIpc) is 2.77. The maximum absolute atomic E-state index is 11.5. The van der Waals surface area contributed by atoms with Crippen LogP contribution in [-0.4, -0.2) is 45.5 Å². The zero-order valence-corrected chi connectivity index (χ0v) is 15.7. The lowest BCUT2D eigenvalue weighted by atomic mass is 9.64. The number of hydrogen-bond acceptors (Lipinski definition) is 3. The van der Waals surface area contributed by atoms with Gasteiger partial charge in [0.15, 0.2) is 15.8 Å². The topological polar surface area (TPSA) is 70.6 Å². The van der Waals surface area contributed by atoms with Crippen molar-refractivity contribution in [2.75, 3.05) is 31.1 Å². The Morgan fingerprint density at radius 1 is 1.30 bits per heavy atom. The molecule has 1 aliphatic carbocycles. The number of guanidine groups is 1.